The van der Waals surface area contributed by atoms with Gasteiger partial charge in [-0.3, -0.25) is 10.1 Å². The van der Waals surface area contributed by atoms with Gasteiger partial charge in [0.05, 0.1) is 9.95 Å². The molecule has 5 nitrogen and oxygen atoms in total. The van der Waals surface area contributed by atoms with E-state index in [9.17, 15) is 10.1 Å². The Balaban J connectivity index is 2.17. The third-order valence-corrected chi connectivity index (χ3v) is 3.13. The summed E-state index contributed by atoms with van der Waals surface area (Å²) in [6.45, 7) is 0.126. The van der Waals surface area contributed by atoms with Crippen LogP contribution >= 0.6 is 23.2 Å². The van der Waals surface area contributed by atoms with Crippen molar-refractivity contribution < 1.29 is 9.66 Å². The van der Waals surface area contributed by atoms with Gasteiger partial charge < -0.3 is 10.5 Å². The molecule has 0 saturated carbocycles. The first-order valence-electron chi connectivity index (χ1n) is 5.58. The summed E-state index contributed by atoms with van der Waals surface area (Å²) in [6.07, 6.45) is 0. The van der Waals surface area contributed by atoms with Gasteiger partial charge in [0.2, 0.25) is 0 Å². The molecule has 0 unspecified atom stereocenters. The summed E-state index contributed by atoms with van der Waals surface area (Å²) in [5.74, 6) is 0.415. The Kier molecular flexibility index (Phi) is 4.32. The highest BCUT2D eigenvalue weighted by atomic mass is 35.5. The third kappa shape index (κ3) is 3.31. The van der Waals surface area contributed by atoms with Crippen molar-refractivity contribution in [1.29, 1.82) is 0 Å². The van der Waals surface area contributed by atoms with Crippen LogP contribution in [0, 0.1) is 10.1 Å². The zero-order valence-corrected chi connectivity index (χ0v) is 11.7. The Labute approximate surface area is 125 Å². The Hall–Kier alpha value is -1.98. The third-order valence-electron chi connectivity index (χ3n) is 2.58. The van der Waals surface area contributed by atoms with E-state index >= 15 is 0 Å². The fourth-order valence-electron chi connectivity index (χ4n) is 1.59. The zero-order chi connectivity index (χ0) is 14.7. The summed E-state index contributed by atoms with van der Waals surface area (Å²) in [7, 11) is 0. The van der Waals surface area contributed by atoms with Crippen LogP contribution in [0.2, 0.25) is 10.0 Å². The second-order valence-corrected chi connectivity index (χ2v) is 4.86. The normalized spacial score (nSPS) is 10.3. The van der Waals surface area contributed by atoms with Crippen molar-refractivity contribution in [3.8, 4) is 5.75 Å². The maximum absolute atomic E-state index is 10.8. The predicted octanol–water partition coefficient (Wildman–Crippen LogP) is 4.06. The van der Waals surface area contributed by atoms with Gasteiger partial charge in [-0.25, -0.2) is 0 Å². The molecule has 104 valence electrons. The Morgan fingerprint density at radius 2 is 1.95 bits per heavy atom. The molecule has 2 rings (SSSR count). The van der Waals surface area contributed by atoms with Gasteiger partial charge in [0.25, 0.3) is 5.69 Å². The van der Waals surface area contributed by atoms with Crippen LogP contribution in [0.1, 0.15) is 5.56 Å². The number of hydrogen-bond donors (Lipinski definition) is 1. The molecule has 0 aromatic heterocycles. The van der Waals surface area contributed by atoms with E-state index in [0.717, 1.165) is 0 Å². The van der Waals surface area contributed by atoms with E-state index in [1.165, 1.54) is 12.1 Å². The molecule has 0 aliphatic heterocycles. The van der Waals surface area contributed by atoms with Gasteiger partial charge in [-0.15, -0.1) is 0 Å². The number of ether oxygens (including phenoxy) is 1. The maximum atomic E-state index is 10.8. The molecular formula is C13H10Cl2N2O3. The first-order valence-corrected chi connectivity index (χ1v) is 6.33. The number of benzene rings is 2. The van der Waals surface area contributed by atoms with Crippen molar-refractivity contribution in [2.45, 2.75) is 6.61 Å². The minimum Gasteiger partial charge on any atom is -0.487 e. The van der Waals surface area contributed by atoms with Crippen LogP contribution in [0.5, 0.6) is 5.75 Å². The fourth-order valence-corrected chi connectivity index (χ4v) is 1.92. The highest BCUT2D eigenvalue weighted by molar-refractivity contribution is 6.34. The number of anilines is 1. The number of nitrogens with two attached hydrogens (primary N) is 1. The number of nitrogen functional groups attached to an aromatic ring is 1. The molecule has 0 fully saturated rings. The van der Waals surface area contributed by atoms with Gasteiger partial charge >= 0.3 is 0 Å². The monoisotopic (exact) mass is 312 g/mol. The van der Waals surface area contributed by atoms with E-state index in [1.54, 1.807) is 24.3 Å². The predicted molar refractivity (Wildman–Crippen MR) is 78.3 cm³/mol. The van der Waals surface area contributed by atoms with Crippen molar-refractivity contribution in [3.63, 3.8) is 0 Å². The summed E-state index contributed by atoms with van der Waals surface area (Å²) < 4.78 is 5.50. The first-order chi connectivity index (χ1) is 9.47. The number of nitro groups is 1. The molecule has 0 spiro atoms. The lowest BCUT2D eigenvalue weighted by molar-refractivity contribution is -0.384. The van der Waals surface area contributed by atoms with E-state index in [-0.39, 0.29) is 18.0 Å². The standard InChI is InChI=1S/C13H10Cl2N2O3/c14-9-2-3-10(15)13(6-9)20-7-8-1-4-11(16)12(5-8)17(18)19/h1-6H,7,16H2. The second kappa shape index (κ2) is 5.98. The highest BCUT2D eigenvalue weighted by Crippen LogP contribution is 2.29. The van der Waals surface area contributed by atoms with E-state index in [2.05, 4.69) is 0 Å². The van der Waals surface area contributed by atoms with E-state index in [1.807, 2.05) is 0 Å². The molecule has 2 aromatic rings. The Bertz CT molecular complexity index is 662. The number of halogens is 2. The molecule has 0 amide bonds. The van der Waals surface area contributed by atoms with Crippen molar-refractivity contribution >= 4 is 34.6 Å². The summed E-state index contributed by atoms with van der Waals surface area (Å²) >= 11 is 11.8. The second-order valence-electron chi connectivity index (χ2n) is 4.01. The number of hydrogen-bond acceptors (Lipinski definition) is 4. The van der Waals surface area contributed by atoms with Crippen LogP contribution in [0.15, 0.2) is 36.4 Å². The summed E-state index contributed by atoms with van der Waals surface area (Å²) in [6, 6.07) is 9.33. The Morgan fingerprint density at radius 1 is 1.20 bits per heavy atom. The van der Waals surface area contributed by atoms with Crippen LogP contribution in [-0.2, 0) is 6.61 Å². The maximum Gasteiger partial charge on any atom is 0.292 e. The minimum absolute atomic E-state index is 0.111. The summed E-state index contributed by atoms with van der Waals surface area (Å²) in [5.41, 5.74) is 6.09. The lowest BCUT2D eigenvalue weighted by atomic mass is 10.2. The topological polar surface area (TPSA) is 78.4 Å². The van der Waals surface area contributed by atoms with Crippen LogP contribution < -0.4 is 10.5 Å². The van der Waals surface area contributed by atoms with Gasteiger partial charge in [-0.2, -0.15) is 0 Å². The molecule has 0 aliphatic rings. The van der Waals surface area contributed by atoms with Crippen LogP contribution in [0.4, 0.5) is 11.4 Å². The summed E-state index contributed by atoms with van der Waals surface area (Å²) in [4.78, 5) is 10.3. The van der Waals surface area contributed by atoms with Crippen LogP contribution in [0.3, 0.4) is 0 Å². The fraction of sp³-hybridized carbons (Fsp3) is 0.0769. The van der Waals surface area contributed by atoms with Gasteiger partial charge in [-0.1, -0.05) is 29.3 Å². The molecule has 0 heterocycles. The molecule has 20 heavy (non-hydrogen) atoms. The van der Waals surface area contributed by atoms with E-state index in [0.29, 0.717) is 21.4 Å². The van der Waals surface area contributed by atoms with Gasteiger partial charge in [-0.05, 0) is 23.8 Å². The molecule has 2 aromatic carbocycles. The smallest absolute Gasteiger partial charge is 0.292 e. The van der Waals surface area contributed by atoms with Crippen LogP contribution in [-0.4, -0.2) is 4.92 Å². The summed E-state index contributed by atoms with van der Waals surface area (Å²) in [5, 5.41) is 11.7. The zero-order valence-electron chi connectivity index (χ0n) is 10.2. The molecule has 0 saturated heterocycles. The quantitative estimate of drug-likeness (QED) is 0.524. The molecule has 0 radical (unpaired) electrons. The van der Waals surface area contributed by atoms with Gasteiger partial charge in [0, 0.05) is 17.2 Å². The Morgan fingerprint density at radius 3 is 2.65 bits per heavy atom. The molecule has 0 atom stereocenters. The highest BCUT2D eigenvalue weighted by Gasteiger charge is 2.12. The number of nitro benzene ring substituents is 1. The van der Waals surface area contributed by atoms with Crippen LogP contribution in [0.25, 0.3) is 0 Å². The van der Waals surface area contributed by atoms with Crippen molar-refractivity contribution in [2.24, 2.45) is 0 Å². The molecule has 2 N–H and O–H groups in total. The number of nitrogens with zero attached hydrogens (tertiary/aromatic N) is 1. The van der Waals surface area contributed by atoms with Gasteiger partial charge in [0.15, 0.2) is 0 Å². The lowest BCUT2D eigenvalue weighted by Gasteiger charge is -2.09. The van der Waals surface area contributed by atoms with E-state index in [4.69, 9.17) is 33.7 Å². The lowest BCUT2D eigenvalue weighted by Crippen LogP contribution is -2.00. The SMILES string of the molecule is Nc1ccc(COc2cc(Cl)ccc2Cl)cc1[N+](=O)[O-]. The largest absolute Gasteiger partial charge is 0.487 e. The van der Waals surface area contributed by atoms with E-state index < -0.39 is 4.92 Å². The molecular weight excluding hydrogens is 303 g/mol. The average molecular weight is 313 g/mol. The van der Waals surface area contributed by atoms with Crippen molar-refractivity contribution in [1.82, 2.24) is 0 Å². The minimum atomic E-state index is -0.537. The van der Waals surface area contributed by atoms with Crippen molar-refractivity contribution in [3.05, 3.63) is 62.1 Å². The molecule has 7 heteroatoms. The average Bonchev–Trinajstić information content (AvgIpc) is 2.41. The number of rotatable bonds is 4. The molecule has 0 aliphatic carbocycles. The van der Waals surface area contributed by atoms with Gasteiger partial charge in [0.1, 0.15) is 18.0 Å². The van der Waals surface area contributed by atoms with Crippen molar-refractivity contribution in [2.75, 3.05) is 5.73 Å². The molecule has 0 bridgehead atoms. The first kappa shape index (κ1) is 14.4.